The topological polar surface area (TPSA) is 104 Å². The highest BCUT2D eigenvalue weighted by atomic mass is 16.6. The van der Waals surface area contributed by atoms with Crippen molar-refractivity contribution in [3.05, 3.63) is 0 Å². The summed E-state index contributed by atoms with van der Waals surface area (Å²) in [6.45, 7) is 1.45. The average Bonchev–Trinajstić information content (AvgIpc) is 1.65. The maximum atomic E-state index is 10.4. The molecule has 1 atom stereocenters. The molecule has 5 heteroatoms. The molecule has 1 heterocycles. The number of esters is 1. The van der Waals surface area contributed by atoms with Crippen LogP contribution in [-0.4, -0.2) is 17.4 Å². The highest BCUT2D eigenvalue weighted by Gasteiger charge is 2.60. The van der Waals surface area contributed by atoms with Crippen LogP contribution < -0.4 is 17.2 Å². The fourth-order valence-corrected chi connectivity index (χ4v) is 0.518. The first-order valence-corrected chi connectivity index (χ1v) is 2.48. The van der Waals surface area contributed by atoms with Gasteiger partial charge in [0, 0.05) is 0 Å². The lowest BCUT2D eigenvalue weighted by molar-refractivity contribution is -0.212. The van der Waals surface area contributed by atoms with Crippen molar-refractivity contribution in [3.8, 4) is 0 Å². The minimum Gasteiger partial charge on any atom is -0.438 e. The van der Waals surface area contributed by atoms with Crippen LogP contribution in [0.25, 0.3) is 0 Å². The van der Waals surface area contributed by atoms with E-state index >= 15 is 0 Å². The van der Waals surface area contributed by atoms with Crippen molar-refractivity contribution in [1.82, 2.24) is 0 Å². The summed E-state index contributed by atoms with van der Waals surface area (Å²) in [6.07, 6.45) is 0. The molecule has 6 N–H and O–H groups in total. The van der Waals surface area contributed by atoms with Crippen molar-refractivity contribution in [1.29, 1.82) is 0 Å². The summed E-state index contributed by atoms with van der Waals surface area (Å²) in [7, 11) is 0. The van der Waals surface area contributed by atoms with Crippen molar-refractivity contribution in [2.75, 3.05) is 0 Å². The smallest absolute Gasteiger partial charge is 0.348 e. The van der Waals surface area contributed by atoms with E-state index in [2.05, 4.69) is 4.74 Å². The zero-order valence-electron chi connectivity index (χ0n) is 5.05. The van der Waals surface area contributed by atoms with Crippen LogP contribution in [0.4, 0.5) is 0 Å². The van der Waals surface area contributed by atoms with Crippen LogP contribution in [0.2, 0.25) is 0 Å². The molecule has 0 saturated carbocycles. The summed E-state index contributed by atoms with van der Waals surface area (Å²) < 4.78 is 4.43. The third-order valence-electron chi connectivity index (χ3n) is 1.46. The number of hydrogen-bond donors (Lipinski definition) is 3. The monoisotopic (exact) mass is 131 g/mol. The van der Waals surface area contributed by atoms with Gasteiger partial charge in [-0.15, -0.1) is 0 Å². The molecule has 9 heavy (non-hydrogen) atoms. The van der Waals surface area contributed by atoms with Crippen LogP contribution in [-0.2, 0) is 9.53 Å². The van der Waals surface area contributed by atoms with Crippen LogP contribution in [0, 0.1) is 0 Å². The van der Waals surface area contributed by atoms with Gasteiger partial charge in [0.05, 0.1) is 0 Å². The van der Waals surface area contributed by atoms with Gasteiger partial charge in [0.25, 0.3) is 0 Å². The van der Waals surface area contributed by atoms with E-state index in [1.807, 2.05) is 0 Å². The first-order chi connectivity index (χ1) is 3.88. The number of carbonyl (C=O) groups excluding carboxylic acids is 1. The van der Waals surface area contributed by atoms with Gasteiger partial charge < -0.3 is 4.74 Å². The van der Waals surface area contributed by atoms with Crippen LogP contribution in [0.15, 0.2) is 0 Å². The molecule has 0 radical (unpaired) electrons. The maximum absolute atomic E-state index is 10.4. The molecule has 0 aromatic heterocycles. The number of hydrogen-bond acceptors (Lipinski definition) is 5. The van der Waals surface area contributed by atoms with Gasteiger partial charge in [0.1, 0.15) is 0 Å². The Bertz CT molecular complexity index is 163. The molecule has 5 nitrogen and oxygen atoms in total. The summed E-state index contributed by atoms with van der Waals surface area (Å²) in [5, 5.41) is 0. The highest BCUT2D eigenvalue weighted by molar-refractivity contribution is 5.87. The second kappa shape index (κ2) is 1.26. The number of rotatable bonds is 0. The average molecular weight is 131 g/mol. The molecule has 0 bridgehead atoms. The van der Waals surface area contributed by atoms with E-state index in [4.69, 9.17) is 17.2 Å². The Morgan fingerprint density at radius 1 is 1.44 bits per heavy atom. The molecular formula is C4H9N3O2. The predicted molar refractivity (Wildman–Crippen MR) is 29.8 cm³/mol. The quantitative estimate of drug-likeness (QED) is 0.256. The van der Waals surface area contributed by atoms with Crippen molar-refractivity contribution < 1.29 is 9.53 Å². The van der Waals surface area contributed by atoms with Gasteiger partial charge in [0.15, 0.2) is 0 Å². The van der Waals surface area contributed by atoms with E-state index < -0.39 is 17.4 Å². The number of ether oxygens (including phenoxy) is 1. The van der Waals surface area contributed by atoms with E-state index in [9.17, 15) is 4.79 Å². The Morgan fingerprint density at radius 2 is 1.89 bits per heavy atom. The van der Waals surface area contributed by atoms with Gasteiger partial charge in [-0.2, -0.15) is 0 Å². The predicted octanol–water partition coefficient (Wildman–Crippen LogP) is -2.17. The molecule has 0 spiro atoms. The van der Waals surface area contributed by atoms with E-state index in [1.165, 1.54) is 6.92 Å². The summed E-state index contributed by atoms with van der Waals surface area (Å²) in [5.41, 5.74) is 13.0. The number of cyclic esters (lactones) is 1. The molecule has 1 unspecified atom stereocenters. The maximum Gasteiger partial charge on any atom is 0.348 e. The molecule has 0 aliphatic carbocycles. The Hall–Kier alpha value is -0.650. The molecular weight excluding hydrogens is 122 g/mol. The Kier molecular flexibility index (Phi) is 0.904. The summed E-state index contributed by atoms with van der Waals surface area (Å²) in [4.78, 5) is 10.4. The van der Waals surface area contributed by atoms with Gasteiger partial charge in [0.2, 0.25) is 11.4 Å². The van der Waals surface area contributed by atoms with Crippen LogP contribution in [0.5, 0.6) is 0 Å². The van der Waals surface area contributed by atoms with Gasteiger partial charge in [-0.3, -0.25) is 17.2 Å². The standard InChI is InChI=1S/C4H9N3O2/c1-3(5)4(6,7)2(8)9-3/h5-7H2,1H3. The first kappa shape index (κ1) is 6.47. The van der Waals surface area contributed by atoms with E-state index in [0.29, 0.717) is 0 Å². The minimum atomic E-state index is -1.51. The lowest BCUT2D eigenvalue weighted by Gasteiger charge is -2.46. The lowest BCUT2D eigenvalue weighted by atomic mass is 9.94. The fraction of sp³-hybridized carbons (Fsp3) is 0.750. The highest BCUT2D eigenvalue weighted by Crippen LogP contribution is 2.25. The molecule has 0 amide bonds. The molecule has 0 aromatic carbocycles. The molecule has 0 aromatic rings. The third kappa shape index (κ3) is 0.562. The second-order valence-electron chi connectivity index (χ2n) is 2.37. The Balaban J connectivity index is 2.82. The minimum absolute atomic E-state index is 0.660. The zero-order chi connectivity index (χ0) is 7.28. The van der Waals surface area contributed by atoms with Gasteiger partial charge in [-0.05, 0) is 6.92 Å². The van der Waals surface area contributed by atoms with Crippen molar-refractivity contribution in [3.63, 3.8) is 0 Å². The summed E-state index contributed by atoms with van der Waals surface area (Å²) in [6, 6.07) is 0. The Labute approximate surface area is 52.1 Å². The molecule has 1 aliphatic heterocycles. The SMILES string of the molecule is CC1(N)OC(=O)C1(N)N. The molecule has 1 aliphatic rings. The van der Waals surface area contributed by atoms with E-state index in [0.717, 1.165) is 0 Å². The van der Waals surface area contributed by atoms with Gasteiger partial charge in [-0.25, -0.2) is 4.79 Å². The van der Waals surface area contributed by atoms with Gasteiger partial charge >= 0.3 is 5.97 Å². The first-order valence-electron chi connectivity index (χ1n) is 2.48. The normalized spacial score (nSPS) is 39.3. The largest absolute Gasteiger partial charge is 0.438 e. The van der Waals surface area contributed by atoms with Crippen molar-refractivity contribution >= 4 is 5.97 Å². The molecule has 1 saturated heterocycles. The van der Waals surface area contributed by atoms with Gasteiger partial charge in [-0.1, -0.05) is 0 Å². The molecule has 1 fully saturated rings. The lowest BCUT2D eigenvalue weighted by Crippen LogP contribution is -2.84. The molecule has 1 rings (SSSR count). The van der Waals surface area contributed by atoms with Crippen LogP contribution >= 0.6 is 0 Å². The number of carbonyl (C=O) groups is 1. The fourth-order valence-electron chi connectivity index (χ4n) is 0.518. The van der Waals surface area contributed by atoms with Crippen molar-refractivity contribution in [2.24, 2.45) is 17.2 Å². The number of nitrogens with two attached hydrogens (primary N) is 3. The third-order valence-corrected chi connectivity index (χ3v) is 1.46. The van der Waals surface area contributed by atoms with Crippen LogP contribution in [0.1, 0.15) is 6.92 Å². The van der Waals surface area contributed by atoms with E-state index in [1.54, 1.807) is 0 Å². The van der Waals surface area contributed by atoms with Crippen LogP contribution in [0.3, 0.4) is 0 Å². The summed E-state index contributed by atoms with van der Waals surface area (Å²) >= 11 is 0. The zero-order valence-corrected chi connectivity index (χ0v) is 5.05. The summed E-state index contributed by atoms with van der Waals surface area (Å²) in [5.74, 6) is -0.660. The Morgan fingerprint density at radius 3 is 1.89 bits per heavy atom. The molecule has 52 valence electrons. The second-order valence-corrected chi connectivity index (χ2v) is 2.37. The van der Waals surface area contributed by atoms with E-state index in [-0.39, 0.29) is 0 Å². The van der Waals surface area contributed by atoms with Crippen molar-refractivity contribution in [2.45, 2.75) is 18.3 Å².